The van der Waals surface area contributed by atoms with Crippen LogP contribution in [0.1, 0.15) is 52.9 Å². The van der Waals surface area contributed by atoms with Crippen molar-refractivity contribution in [2.45, 2.75) is 52.9 Å². The van der Waals surface area contributed by atoms with E-state index in [0.29, 0.717) is 19.6 Å². The van der Waals surface area contributed by atoms with Crippen molar-refractivity contribution in [2.75, 3.05) is 39.9 Å². The third-order valence-electron chi connectivity index (χ3n) is 4.61. The maximum atomic E-state index is 11.9. The van der Waals surface area contributed by atoms with Crippen LogP contribution in [0.4, 0.5) is 0 Å². The van der Waals surface area contributed by atoms with Crippen LogP contribution in [-0.4, -0.2) is 62.7 Å². The molecule has 0 aromatic rings. The lowest BCUT2D eigenvalue weighted by atomic mass is 9.99. The molecule has 7 nitrogen and oxygen atoms in total. The van der Waals surface area contributed by atoms with E-state index in [1.54, 1.807) is 0 Å². The highest BCUT2D eigenvalue weighted by Gasteiger charge is 2.36. The van der Waals surface area contributed by atoms with Gasteiger partial charge >= 0.3 is 11.9 Å². The number of aliphatic imine (C=N–C) groups is 1. The molecule has 1 aliphatic rings. The summed E-state index contributed by atoms with van der Waals surface area (Å²) in [6, 6.07) is 0. The molecule has 26 heavy (non-hydrogen) atoms. The molecule has 2 atom stereocenters. The van der Waals surface area contributed by atoms with E-state index in [2.05, 4.69) is 17.1 Å². The van der Waals surface area contributed by atoms with Gasteiger partial charge in [0.25, 0.3) is 0 Å². The number of carbonyl (C=O) groups is 2. The van der Waals surface area contributed by atoms with Crippen LogP contribution in [0.5, 0.6) is 0 Å². The summed E-state index contributed by atoms with van der Waals surface area (Å²) in [5.74, 6) is 0.791. The Labute approximate surface area is 157 Å². The molecule has 0 amide bonds. The molecule has 1 saturated heterocycles. The quantitative estimate of drug-likeness (QED) is 0.275. The predicted molar refractivity (Wildman–Crippen MR) is 102 cm³/mol. The zero-order chi connectivity index (χ0) is 19.4. The molecule has 7 heteroatoms. The number of methoxy groups -OCH3 is 1. The van der Waals surface area contributed by atoms with Gasteiger partial charge in [-0.2, -0.15) is 0 Å². The van der Waals surface area contributed by atoms with E-state index in [4.69, 9.17) is 14.5 Å². The summed E-state index contributed by atoms with van der Waals surface area (Å²) in [5.41, 5.74) is 0. The molecule has 0 spiro atoms. The van der Waals surface area contributed by atoms with Gasteiger partial charge < -0.3 is 19.7 Å². The van der Waals surface area contributed by atoms with Crippen LogP contribution in [0.3, 0.4) is 0 Å². The summed E-state index contributed by atoms with van der Waals surface area (Å²) in [6.45, 7) is 9.40. The maximum Gasteiger partial charge on any atom is 0.310 e. The average Bonchev–Trinajstić information content (AvgIpc) is 3.01. The number of ether oxygens (including phenoxy) is 2. The largest absolute Gasteiger partial charge is 0.469 e. The van der Waals surface area contributed by atoms with E-state index < -0.39 is 0 Å². The molecule has 1 heterocycles. The third kappa shape index (κ3) is 7.62. The number of carbonyl (C=O) groups excluding carboxylic acids is 2. The van der Waals surface area contributed by atoms with Gasteiger partial charge in [0.1, 0.15) is 0 Å². The summed E-state index contributed by atoms with van der Waals surface area (Å²) in [7, 11) is 1.44. The fraction of sp³-hybridized carbons (Fsp3) is 0.842. The lowest BCUT2D eigenvalue weighted by Gasteiger charge is -2.21. The highest BCUT2D eigenvalue weighted by atomic mass is 16.5. The van der Waals surface area contributed by atoms with Crippen molar-refractivity contribution in [1.29, 1.82) is 0 Å². The highest BCUT2D eigenvalue weighted by molar-refractivity contribution is 5.82. The Hall–Kier alpha value is -1.79. The van der Waals surface area contributed by atoms with Crippen molar-refractivity contribution < 1.29 is 19.1 Å². The second-order valence-electron chi connectivity index (χ2n) is 6.72. The molecule has 0 aliphatic carbocycles. The van der Waals surface area contributed by atoms with Gasteiger partial charge in [0.2, 0.25) is 0 Å². The van der Waals surface area contributed by atoms with Crippen LogP contribution < -0.4 is 5.32 Å². The van der Waals surface area contributed by atoms with Crippen molar-refractivity contribution in [2.24, 2.45) is 16.8 Å². The number of hydrogen-bond donors (Lipinski definition) is 1. The Morgan fingerprint density at radius 2 is 1.88 bits per heavy atom. The first-order valence-corrected chi connectivity index (χ1v) is 9.80. The molecule has 0 aromatic carbocycles. The smallest absolute Gasteiger partial charge is 0.310 e. The Bertz CT molecular complexity index is 468. The van der Waals surface area contributed by atoms with Crippen LogP contribution in [-0.2, 0) is 19.1 Å². The third-order valence-corrected chi connectivity index (χ3v) is 4.61. The molecule has 0 bridgehead atoms. The molecule has 150 valence electrons. The van der Waals surface area contributed by atoms with Crippen LogP contribution in [0.15, 0.2) is 4.99 Å². The molecule has 0 saturated carbocycles. The Balaban J connectivity index is 2.35. The highest BCUT2D eigenvalue weighted by Crippen LogP contribution is 2.24. The zero-order valence-electron chi connectivity index (χ0n) is 16.8. The van der Waals surface area contributed by atoms with Gasteiger partial charge in [0.05, 0.1) is 19.6 Å². The normalized spacial score (nSPS) is 20.2. The topological polar surface area (TPSA) is 80.2 Å². The van der Waals surface area contributed by atoms with Crippen molar-refractivity contribution in [3.8, 4) is 0 Å². The maximum absolute atomic E-state index is 11.9. The Kier molecular flexibility index (Phi) is 10.7. The van der Waals surface area contributed by atoms with Gasteiger partial charge in [-0.05, 0) is 32.6 Å². The number of guanidine groups is 1. The summed E-state index contributed by atoms with van der Waals surface area (Å²) >= 11 is 0. The minimum absolute atomic E-state index is 0.0910. The van der Waals surface area contributed by atoms with Crippen LogP contribution in [0, 0.1) is 11.8 Å². The number of esters is 2. The van der Waals surface area contributed by atoms with Crippen LogP contribution in [0.25, 0.3) is 0 Å². The average molecular weight is 370 g/mol. The first-order valence-electron chi connectivity index (χ1n) is 9.80. The number of rotatable bonds is 10. The Morgan fingerprint density at radius 1 is 1.15 bits per heavy atom. The fourth-order valence-corrected chi connectivity index (χ4v) is 3.18. The van der Waals surface area contributed by atoms with Crippen molar-refractivity contribution in [1.82, 2.24) is 10.2 Å². The van der Waals surface area contributed by atoms with E-state index in [1.807, 2.05) is 13.8 Å². The molecule has 0 radical (unpaired) electrons. The lowest BCUT2D eigenvalue weighted by Crippen LogP contribution is -2.40. The second kappa shape index (κ2) is 12.5. The minimum Gasteiger partial charge on any atom is -0.469 e. The summed E-state index contributed by atoms with van der Waals surface area (Å²) < 4.78 is 9.82. The SMILES string of the molecule is CCNC(=NCCCCCCC(=O)OCC)N1CC(C)C(C(=O)OC)C1. The molecule has 1 N–H and O–H groups in total. The van der Waals surface area contributed by atoms with Gasteiger partial charge in [0, 0.05) is 32.6 Å². The summed E-state index contributed by atoms with van der Waals surface area (Å²) in [5, 5.41) is 3.32. The molecule has 1 aliphatic heterocycles. The standard InChI is InChI=1S/C19H35N3O4/c1-5-20-19(22-13-15(3)16(14-22)18(24)25-4)21-12-10-8-7-9-11-17(23)26-6-2/h15-16H,5-14H2,1-4H3,(H,20,21). The first kappa shape index (κ1) is 22.3. The molecule has 0 aromatic heterocycles. The van der Waals surface area contributed by atoms with E-state index in [1.165, 1.54) is 7.11 Å². The van der Waals surface area contributed by atoms with E-state index in [0.717, 1.165) is 51.3 Å². The van der Waals surface area contributed by atoms with Gasteiger partial charge in [-0.15, -0.1) is 0 Å². The van der Waals surface area contributed by atoms with Gasteiger partial charge in [-0.1, -0.05) is 19.8 Å². The number of likely N-dealkylation sites (tertiary alicyclic amines) is 1. The first-order chi connectivity index (χ1) is 12.5. The predicted octanol–water partition coefficient (Wildman–Crippen LogP) is 2.21. The minimum atomic E-state index is -0.141. The Morgan fingerprint density at radius 3 is 2.54 bits per heavy atom. The molecular formula is C19H35N3O4. The summed E-state index contributed by atoms with van der Waals surface area (Å²) in [4.78, 5) is 30.0. The number of hydrogen-bond acceptors (Lipinski definition) is 5. The lowest BCUT2D eigenvalue weighted by molar-refractivity contribution is -0.146. The number of nitrogens with zero attached hydrogens (tertiary/aromatic N) is 2. The van der Waals surface area contributed by atoms with Crippen molar-refractivity contribution >= 4 is 17.9 Å². The van der Waals surface area contributed by atoms with E-state index in [-0.39, 0.29) is 23.8 Å². The number of unbranched alkanes of at least 4 members (excludes halogenated alkanes) is 3. The van der Waals surface area contributed by atoms with E-state index in [9.17, 15) is 9.59 Å². The van der Waals surface area contributed by atoms with Crippen molar-refractivity contribution in [3.05, 3.63) is 0 Å². The molecule has 2 unspecified atom stereocenters. The monoisotopic (exact) mass is 369 g/mol. The molecular weight excluding hydrogens is 334 g/mol. The van der Waals surface area contributed by atoms with Crippen LogP contribution in [0.2, 0.25) is 0 Å². The van der Waals surface area contributed by atoms with Crippen LogP contribution >= 0.6 is 0 Å². The number of nitrogens with one attached hydrogen (secondary N) is 1. The molecule has 1 fully saturated rings. The fourth-order valence-electron chi connectivity index (χ4n) is 3.18. The van der Waals surface area contributed by atoms with E-state index >= 15 is 0 Å². The summed E-state index contributed by atoms with van der Waals surface area (Å²) in [6.07, 6.45) is 4.41. The van der Waals surface area contributed by atoms with Gasteiger partial charge in [0.15, 0.2) is 5.96 Å². The zero-order valence-corrected chi connectivity index (χ0v) is 16.8. The van der Waals surface area contributed by atoms with Crippen molar-refractivity contribution in [3.63, 3.8) is 0 Å². The second-order valence-corrected chi connectivity index (χ2v) is 6.72. The molecule has 1 rings (SSSR count). The van der Waals surface area contributed by atoms with Gasteiger partial charge in [-0.3, -0.25) is 14.6 Å². The van der Waals surface area contributed by atoms with Gasteiger partial charge in [-0.25, -0.2) is 0 Å².